The van der Waals surface area contributed by atoms with Crippen LogP contribution in [0.4, 0.5) is 0 Å². The van der Waals surface area contributed by atoms with Gasteiger partial charge in [-0.05, 0) is 25.0 Å². The molecule has 3 heterocycles. The Hall–Kier alpha value is -3.23. The molecule has 1 aliphatic heterocycles. The molecule has 2 atom stereocenters. The number of carbonyl (C=O) groups is 3. The predicted octanol–water partition coefficient (Wildman–Crippen LogP) is -0.378. The van der Waals surface area contributed by atoms with Crippen LogP contribution in [0, 0.1) is 0 Å². The lowest BCUT2D eigenvalue weighted by Crippen LogP contribution is -2.53. The Morgan fingerprint density at radius 1 is 1.31 bits per heavy atom. The molecule has 9 nitrogen and oxygen atoms in total. The number of hydrogen-bond acceptors (Lipinski definition) is 5. The van der Waals surface area contributed by atoms with Crippen molar-refractivity contribution < 1.29 is 14.4 Å². The fraction of sp³-hybridized carbons (Fsp3) is 0.353. The maximum atomic E-state index is 13.0. The third-order valence-corrected chi connectivity index (χ3v) is 4.32. The van der Waals surface area contributed by atoms with Gasteiger partial charge < -0.3 is 20.9 Å². The van der Waals surface area contributed by atoms with Gasteiger partial charge in [0.25, 0.3) is 5.91 Å². The molecule has 26 heavy (non-hydrogen) atoms. The van der Waals surface area contributed by atoms with Crippen molar-refractivity contribution in [3.63, 3.8) is 0 Å². The minimum atomic E-state index is -0.879. The Morgan fingerprint density at radius 2 is 2.15 bits per heavy atom. The average molecular weight is 356 g/mol. The summed E-state index contributed by atoms with van der Waals surface area (Å²) in [5.41, 5.74) is 5.61. The highest BCUT2D eigenvalue weighted by Gasteiger charge is 2.37. The zero-order chi connectivity index (χ0) is 18.5. The number of pyridine rings is 1. The van der Waals surface area contributed by atoms with Crippen LogP contribution < -0.4 is 11.1 Å². The molecule has 0 bridgehead atoms. The second kappa shape index (κ2) is 7.77. The molecular formula is C17H20N6O3. The predicted molar refractivity (Wildman–Crippen MR) is 91.7 cm³/mol. The molecule has 3 amide bonds. The molecule has 2 aromatic rings. The van der Waals surface area contributed by atoms with E-state index in [0.29, 0.717) is 25.2 Å². The first-order valence-corrected chi connectivity index (χ1v) is 8.36. The van der Waals surface area contributed by atoms with Crippen molar-refractivity contribution in [1.82, 2.24) is 25.2 Å². The first-order chi connectivity index (χ1) is 12.6. The van der Waals surface area contributed by atoms with Crippen molar-refractivity contribution in [2.24, 2.45) is 5.73 Å². The van der Waals surface area contributed by atoms with Crippen molar-refractivity contribution in [3.8, 4) is 0 Å². The summed E-state index contributed by atoms with van der Waals surface area (Å²) >= 11 is 0. The summed E-state index contributed by atoms with van der Waals surface area (Å²) in [6, 6.07) is 3.42. The second-order valence-electron chi connectivity index (χ2n) is 6.07. The first-order valence-electron chi connectivity index (χ1n) is 8.36. The Labute approximate surface area is 150 Å². The van der Waals surface area contributed by atoms with Crippen LogP contribution in [0.2, 0.25) is 0 Å². The molecule has 136 valence electrons. The van der Waals surface area contributed by atoms with E-state index >= 15 is 0 Å². The van der Waals surface area contributed by atoms with E-state index in [1.807, 2.05) is 0 Å². The number of hydrogen-bond donors (Lipinski definition) is 3. The fourth-order valence-electron chi connectivity index (χ4n) is 3.06. The smallest absolute Gasteiger partial charge is 0.270 e. The molecule has 0 spiro atoms. The van der Waals surface area contributed by atoms with E-state index < -0.39 is 23.9 Å². The minimum absolute atomic E-state index is 0.173. The van der Waals surface area contributed by atoms with Crippen LogP contribution in [-0.4, -0.2) is 56.2 Å². The normalized spacial score (nSPS) is 17.7. The van der Waals surface area contributed by atoms with Crippen LogP contribution in [0.5, 0.6) is 0 Å². The lowest BCUT2D eigenvalue weighted by molar-refractivity contribution is -0.138. The second-order valence-corrected chi connectivity index (χ2v) is 6.07. The molecule has 1 saturated heterocycles. The number of aromatic amines is 1. The molecule has 9 heteroatoms. The first kappa shape index (κ1) is 17.6. The van der Waals surface area contributed by atoms with Gasteiger partial charge in [0, 0.05) is 31.6 Å². The van der Waals surface area contributed by atoms with E-state index in [0.717, 1.165) is 0 Å². The molecule has 0 radical (unpaired) electrons. The molecule has 1 fully saturated rings. The van der Waals surface area contributed by atoms with E-state index in [4.69, 9.17) is 5.73 Å². The number of nitrogens with two attached hydrogens (primary N) is 1. The Morgan fingerprint density at radius 3 is 2.81 bits per heavy atom. The summed E-state index contributed by atoms with van der Waals surface area (Å²) in [5.74, 6) is -0.805. The van der Waals surface area contributed by atoms with Crippen LogP contribution >= 0.6 is 0 Å². The highest BCUT2D eigenvalue weighted by Crippen LogP contribution is 2.19. The number of aromatic nitrogens is 3. The topological polar surface area (TPSA) is 134 Å². The summed E-state index contributed by atoms with van der Waals surface area (Å²) in [7, 11) is 0. The largest absolute Gasteiger partial charge is 0.368 e. The lowest BCUT2D eigenvalue weighted by atomic mass is 10.1. The van der Waals surface area contributed by atoms with Crippen LogP contribution in [0.15, 0.2) is 36.8 Å². The number of imidazole rings is 1. The van der Waals surface area contributed by atoms with Gasteiger partial charge in [0.15, 0.2) is 0 Å². The van der Waals surface area contributed by atoms with Gasteiger partial charge in [0.1, 0.15) is 23.6 Å². The minimum Gasteiger partial charge on any atom is -0.368 e. The van der Waals surface area contributed by atoms with Crippen molar-refractivity contribution in [2.45, 2.75) is 31.3 Å². The summed E-state index contributed by atoms with van der Waals surface area (Å²) < 4.78 is 0. The Kier molecular flexibility index (Phi) is 5.26. The van der Waals surface area contributed by atoms with E-state index in [2.05, 4.69) is 20.3 Å². The number of nitrogens with one attached hydrogen (secondary N) is 2. The van der Waals surface area contributed by atoms with E-state index in [9.17, 15) is 14.4 Å². The van der Waals surface area contributed by atoms with Gasteiger partial charge in [-0.15, -0.1) is 0 Å². The maximum absolute atomic E-state index is 13.0. The van der Waals surface area contributed by atoms with Crippen molar-refractivity contribution in [2.75, 3.05) is 6.54 Å². The number of likely N-dealkylation sites (tertiary alicyclic amines) is 1. The van der Waals surface area contributed by atoms with Crippen molar-refractivity contribution in [1.29, 1.82) is 0 Å². The average Bonchev–Trinajstić information content (AvgIpc) is 3.33. The van der Waals surface area contributed by atoms with E-state index in [-0.39, 0.29) is 18.0 Å². The van der Waals surface area contributed by atoms with Gasteiger partial charge in [-0.3, -0.25) is 19.4 Å². The Balaban J connectivity index is 1.79. The SMILES string of the molecule is NC(=O)C1CCCN1C(=O)C(Cc1ncc[nH]1)NC(=O)c1ccccn1. The number of primary amides is 1. The van der Waals surface area contributed by atoms with Crippen LogP contribution in [0.1, 0.15) is 29.2 Å². The zero-order valence-electron chi connectivity index (χ0n) is 14.1. The van der Waals surface area contributed by atoms with Crippen molar-refractivity contribution >= 4 is 17.7 Å². The molecule has 1 aliphatic rings. The maximum Gasteiger partial charge on any atom is 0.270 e. The number of amides is 3. The summed E-state index contributed by atoms with van der Waals surface area (Å²) in [5, 5.41) is 2.70. The van der Waals surface area contributed by atoms with Crippen molar-refractivity contribution in [3.05, 3.63) is 48.3 Å². The molecule has 3 rings (SSSR count). The fourth-order valence-corrected chi connectivity index (χ4v) is 3.06. The summed E-state index contributed by atoms with van der Waals surface area (Å²) in [4.78, 5) is 49.5. The molecule has 2 unspecified atom stereocenters. The molecular weight excluding hydrogens is 336 g/mol. The van der Waals surface area contributed by atoms with Gasteiger partial charge >= 0.3 is 0 Å². The number of rotatable bonds is 6. The van der Waals surface area contributed by atoms with Gasteiger partial charge in [-0.1, -0.05) is 6.07 Å². The lowest BCUT2D eigenvalue weighted by Gasteiger charge is -2.27. The van der Waals surface area contributed by atoms with Gasteiger partial charge in [0.2, 0.25) is 11.8 Å². The van der Waals surface area contributed by atoms with E-state index in [1.165, 1.54) is 11.1 Å². The van der Waals surface area contributed by atoms with Crippen LogP contribution in [0.3, 0.4) is 0 Å². The highest BCUT2D eigenvalue weighted by atomic mass is 16.2. The van der Waals surface area contributed by atoms with Gasteiger partial charge in [0.05, 0.1) is 0 Å². The highest BCUT2D eigenvalue weighted by molar-refractivity contribution is 5.97. The molecule has 0 aromatic carbocycles. The monoisotopic (exact) mass is 356 g/mol. The number of carbonyl (C=O) groups excluding carboxylic acids is 3. The summed E-state index contributed by atoms with van der Waals surface area (Å²) in [6.07, 6.45) is 6.11. The zero-order valence-corrected chi connectivity index (χ0v) is 14.1. The van der Waals surface area contributed by atoms with Gasteiger partial charge in [-0.2, -0.15) is 0 Å². The molecule has 4 N–H and O–H groups in total. The standard InChI is InChI=1S/C17H20N6O3/c18-15(24)13-5-3-9-23(13)17(26)12(10-14-20-7-8-21-14)22-16(25)11-4-1-2-6-19-11/h1-2,4,6-8,12-13H,3,5,9-10H2,(H2,18,24)(H,20,21)(H,22,25). The molecule has 0 saturated carbocycles. The van der Waals surface area contributed by atoms with Crippen LogP contribution in [-0.2, 0) is 16.0 Å². The summed E-state index contributed by atoms with van der Waals surface area (Å²) in [6.45, 7) is 0.431. The van der Waals surface area contributed by atoms with Gasteiger partial charge in [-0.25, -0.2) is 4.98 Å². The molecule has 0 aliphatic carbocycles. The van der Waals surface area contributed by atoms with Crippen LogP contribution in [0.25, 0.3) is 0 Å². The molecule has 2 aromatic heterocycles. The quantitative estimate of drug-likeness (QED) is 0.649. The number of H-pyrrole nitrogens is 1. The third kappa shape index (κ3) is 3.88. The Bertz CT molecular complexity index is 777. The third-order valence-electron chi connectivity index (χ3n) is 4.32. The van der Waals surface area contributed by atoms with E-state index in [1.54, 1.807) is 30.6 Å². The number of nitrogens with zero attached hydrogens (tertiary/aromatic N) is 3.